The molecule has 2 aromatic carbocycles. The number of ether oxygens (including phenoxy) is 1. The molecule has 0 aliphatic carbocycles. The molecule has 0 fully saturated rings. The number of hydrogen-bond donors (Lipinski definition) is 2. The van der Waals surface area contributed by atoms with Crippen molar-refractivity contribution < 1.29 is 32.2 Å². The van der Waals surface area contributed by atoms with Gasteiger partial charge in [0, 0.05) is 24.0 Å². The highest BCUT2D eigenvalue weighted by Gasteiger charge is 2.33. The second-order valence-corrected chi connectivity index (χ2v) is 7.84. The lowest BCUT2D eigenvalue weighted by atomic mass is 10.1. The summed E-state index contributed by atoms with van der Waals surface area (Å²) in [5.41, 5.74) is 5.85. The molecule has 188 valence electrons. The van der Waals surface area contributed by atoms with Crippen LogP contribution in [-0.2, 0) is 19.3 Å². The van der Waals surface area contributed by atoms with Gasteiger partial charge in [0.15, 0.2) is 11.5 Å². The molecule has 0 saturated heterocycles. The molecule has 8 nitrogen and oxygen atoms in total. The van der Waals surface area contributed by atoms with Crippen molar-refractivity contribution in [1.82, 2.24) is 14.9 Å². The number of oxazole rings is 1. The highest BCUT2D eigenvalue weighted by molar-refractivity contribution is 5.98. The van der Waals surface area contributed by atoms with Gasteiger partial charge in [0.2, 0.25) is 5.89 Å². The number of aliphatic hydroxyl groups is 1. The maximum Gasteiger partial charge on any atom is 0.433 e. The van der Waals surface area contributed by atoms with Crippen LogP contribution in [0.1, 0.15) is 27.5 Å². The molecular formula is C25H23F3N4O4. The summed E-state index contributed by atoms with van der Waals surface area (Å²) < 4.78 is 50.8. The topological polar surface area (TPSA) is 115 Å². The number of rotatable bonds is 8. The molecule has 0 aliphatic rings. The lowest BCUT2D eigenvalue weighted by Crippen LogP contribution is -2.34. The van der Waals surface area contributed by atoms with Gasteiger partial charge in [0.05, 0.1) is 20.3 Å². The molecular weight excluding hydrogens is 477 g/mol. The zero-order chi connectivity index (χ0) is 25.9. The van der Waals surface area contributed by atoms with Gasteiger partial charge in [-0.05, 0) is 29.8 Å². The molecule has 1 amide bonds. The predicted molar refractivity (Wildman–Crippen MR) is 125 cm³/mol. The Morgan fingerprint density at radius 1 is 1.11 bits per heavy atom. The largest absolute Gasteiger partial charge is 0.494 e. The van der Waals surface area contributed by atoms with E-state index in [1.165, 1.54) is 24.1 Å². The summed E-state index contributed by atoms with van der Waals surface area (Å²) in [7, 11) is 1.33. The first-order chi connectivity index (χ1) is 17.3. The lowest BCUT2D eigenvalue weighted by molar-refractivity contribution is -0.140. The average molecular weight is 500 g/mol. The maximum atomic E-state index is 13.4. The minimum Gasteiger partial charge on any atom is -0.494 e. The number of hydrogen-bond acceptors (Lipinski definition) is 7. The van der Waals surface area contributed by atoms with Gasteiger partial charge in [-0.25, -0.2) is 9.97 Å². The molecule has 2 aromatic heterocycles. The van der Waals surface area contributed by atoms with Crippen LogP contribution in [0, 0.1) is 0 Å². The summed E-state index contributed by atoms with van der Waals surface area (Å²) in [6.45, 7) is -0.133. The summed E-state index contributed by atoms with van der Waals surface area (Å²) in [4.78, 5) is 22.9. The monoisotopic (exact) mass is 500 g/mol. The van der Waals surface area contributed by atoms with E-state index in [0.717, 1.165) is 11.6 Å². The standard InChI is InChI=1S/C25H23F3N4O4/c1-35-18-9-7-17(16-8-10-20(25(26,27)28)30-21(16)18)23-31-22(19(13-29)36-23)24(34)32(11-12-33)14-15-5-3-2-4-6-15/h2-10,33H,11-14,29H2,1H3. The Balaban J connectivity index is 1.77. The first kappa shape index (κ1) is 25.1. The number of alkyl halides is 3. The number of halogens is 3. The van der Waals surface area contributed by atoms with Gasteiger partial charge in [-0.2, -0.15) is 13.2 Å². The fourth-order valence-corrected chi connectivity index (χ4v) is 3.80. The van der Waals surface area contributed by atoms with Crippen LogP contribution in [0.4, 0.5) is 13.2 Å². The summed E-state index contributed by atoms with van der Waals surface area (Å²) in [6.07, 6.45) is -4.64. The maximum absolute atomic E-state index is 13.4. The first-order valence-electron chi connectivity index (χ1n) is 11.0. The van der Waals surface area contributed by atoms with Crippen molar-refractivity contribution in [1.29, 1.82) is 0 Å². The number of nitrogens with zero attached hydrogens (tertiary/aromatic N) is 3. The van der Waals surface area contributed by atoms with Gasteiger partial charge in [-0.3, -0.25) is 4.79 Å². The molecule has 0 unspecified atom stereocenters. The Morgan fingerprint density at radius 3 is 2.50 bits per heavy atom. The van der Waals surface area contributed by atoms with Gasteiger partial charge in [-0.15, -0.1) is 0 Å². The molecule has 0 spiro atoms. The quantitative estimate of drug-likeness (QED) is 0.376. The predicted octanol–water partition coefficient (Wildman–Crippen LogP) is 4.01. The summed E-state index contributed by atoms with van der Waals surface area (Å²) in [5.74, 6) is -0.260. The SMILES string of the molecule is COc1ccc(-c2nc(C(=O)N(CCO)Cc3ccccc3)c(CN)o2)c2ccc(C(F)(F)F)nc12. The molecule has 3 N–H and O–H groups in total. The van der Waals surface area contributed by atoms with E-state index >= 15 is 0 Å². The van der Waals surface area contributed by atoms with Crippen LogP contribution in [0.5, 0.6) is 5.75 Å². The summed E-state index contributed by atoms with van der Waals surface area (Å²) in [6, 6.07) is 14.3. The number of pyridine rings is 1. The van der Waals surface area contributed by atoms with E-state index in [4.69, 9.17) is 14.9 Å². The molecule has 11 heteroatoms. The Labute approximate surface area is 204 Å². The third-order valence-corrected chi connectivity index (χ3v) is 5.52. The fourth-order valence-electron chi connectivity index (χ4n) is 3.80. The molecule has 0 saturated carbocycles. The van der Waals surface area contributed by atoms with Gasteiger partial charge in [-0.1, -0.05) is 30.3 Å². The van der Waals surface area contributed by atoms with Gasteiger partial charge in [0.25, 0.3) is 5.91 Å². The first-order valence-corrected chi connectivity index (χ1v) is 11.0. The summed E-state index contributed by atoms with van der Waals surface area (Å²) in [5, 5.41) is 9.80. The zero-order valence-corrected chi connectivity index (χ0v) is 19.2. The van der Waals surface area contributed by atoms with E-state index in [1.54, 1.807) is 6.07 Å². The van der Waals surface area contributed by atoms with E-state index < -0.39 is 17.8 Å². The Kier molecular flexibility index (Phi) is 7.22. The second-order valence-electron chi connectivity index (χ2n) is 7.84. The smallest absolute Gasteiger partial charge is 0.433 e. The van der Waals surface area contributed by atoms with E-state index in [-0.39, 0.29) is 54.9 Å². The molecule has 0 bridgehead atoms. The third kappa shape index (κ3) is 5.02. The van der Waals surface area contributed by atoms with Crippen molar-refractivity contribution >= 4 is 16.8 Å². The highest BCUT2D eigenvalue weighted by atomic mass is 19.4. The molecule has 0 atom stereocenters. The average Bonchev–Trinajstić information content (AvgIpc) is 3.31. The van der Waals surface area contributed by atoms with Crippen molar-refractivity contribution in [3.63, 3.8) is 0 Å². The van der Waals surface area contributed by atoms with Crippen molar-refractivity contribution in [3.8, 4) is 17.2 Å². The number of carbonyl (C=O) groups excluding carboxylic acids is 1. The van der Waals surface area contributed by atoms with E-state index in [2.05, 4.69) is 9.97 Å². The lowest BCUT2D eigenvalue weighted by Gasteiger charge is -2.21. The highest BCUT2D eigenvalue weighted by Crippen LogP contribution is 2.37. The minimum atomic E-state index is -4.64. The van der Waals surface area contributed by atoms with Crippen LogP contribution in [0.3, 0.4) is 0 Å². The number of methoxy groups -OCH3 is 1. The van der Waals surface area contributed by atoms with Crippen LogP contribution >= 0.6 is 0 Å². The number of nitrogens with two attached hydrogens (primary N) is 1. The van der Waals surface area contributed by atoms with Gasteiger partial charge >= 0.3 is 6.18 Å². The second kappa shape index (κ2) is 10.3. The van der Waals surface area contributed by atoms with Crippen LogP contribution in [0.25, 0.3) is 22.4 Å². The molecule has 4 aromatic rings. The van der Waals surface area contributed by atoms with E-state index in [9.17, 15) is 23.1 Å². The number of amides is 1. The molecule has 2 heterocycles. The Morgan fingerprint density at radius 2 is 1.86 bits per heavy atom. The van der Waals surface area contributed by atoms with Crippen molar-refractivity contribution in [2.24, 2.45) is 5.73 Å². The van der Waals surface area contributed by atoms with E-state index in [1.807, 2.05) is 30.3 Å². The van der Waals surface area contributed by atoms with Crippen LogP contribution in [0.15, 0.2) is 59.0 Å². The van der Waals surface area contributed by atoms with Crippen LogP contribution < -0.4 is 10.5 Å². The van der Waals surface area contributed by atoms with Crippen LogP contribution in [0.2, 0.25) is 0 Å². The summed E-state index contributed by atoms with van der Waals surface area (Å²) >= 11 is 0. The number of carbonyl (C=O) groups is 1. The normalized spacial score (nSPS) is 11.6. The zero-order valence-electron chi connectivity index (χ0n) is 19.2. The van der Waals surface area contributed by atoms with Crippen LogP contribution in [-0.4, -0.2) is 46.1 Å². The third-order valence-electron chi connectivity index (χ3n) is 5.52. The molecule has 0 radical (unpaired) electrons. The van der Waals surface area contributed by atoms with Gasteiger partial charge < -0.3 is 24.9 Å². The van der Waals surface area contributed by atoms with Crippen molar-refractivity contribution in [2.45, 2.75) is 19.3 Å². The Bertz CT molecular complexity index is 1370. The number of fused-ring (bicyclic) bond motifs is 1. The molecule has 4 rings (SSSR count). The number of aromatic nitrogens is 2. The Hall–Kier alpha value is -3.96. The van der Waals surface area contributed by atoms with Crippen molar-refractivity contribution in [2.75, 3.05) is 20.3 Å². The number of aliphatic hydroxyl groups excluding tert-OH is 1. The molecule has 0 aliphatic heterocycles. The minimum absolute atomic E-state index is 0.00308. The molecule has 36 heavy (non-hydrogen) atoms. The van der Waals surface area contributed by atoms with E-state index in [0.29, 0.717) is 10.9 Å². The fraction of sp³-hybridized carbons (Fsp3) is 0.240. The van der Waals surface area contributed by atoms with Crippen molar-refractivity contribution in [3.05, 3.63) is 77.3 Å². The van der Waals surface area contributed by atoms with Gasteiger partial charge in [0.1, 0.15) is 17.0 Å². The number of benzene rings is 2.